The highest BCUT2D eigenvalue weighted by Crippen LogP contribution is 2.29. The van der Waals surface area contributed by atoms with Gasteiger partial charge in [0.15, 0.2) is 0 Å². The van der Waals surface area contributed by atoms with Crippen molar-refractivity contribution < 1.29 is 4.79 Å². The lowest BCUT2D eigenvalue weighted by Gasteiger charge is -2.25. The molecule has 2 aromatic carbocycles. The second kappa shape index (κ2) is 10.6. The fourth-order valence-electron chi connectivity index (χ4n) is 2.52. The number of hydrogen-bond donors (Lipinski definition) is 0. The van der Waals surface area contributed by atoms with Gasteiger partial charge in [-0.15, -0.1) is 11.8 Å². The Bertz CT molecular complexity index is 733. The number of hydrogen-bond acceptors (Lipinski definition) is 4. The number of nitrogens with zero attached hydrogens (tertiary/aromatic N) is 2. The van der Waals surface area contributed by atoms with Crippen LogP contribution >= 0.6 is 35.7 Å². The molecular formula is C20H24N2OS3. The van der Waals surface area contributed by atoms with Crippen molar-refractivity contribution in [2.24, 2.45) is 0 Å². The van der Waals surface area contributed by atoms with E-state index < -0.39 is 0 Å². The highest BCUT2D eigenvalue weighted by atomic mass is 32.2. The van der Waals surface area contributed by atoms with Crippen LogP contribution in [0.2, 0.25) is 0 Å². The van der Waals surface area contributed by atoms with Crippen LogP contribution in [-0.2, 0) is 4.79 Å². The van der Waals surface area contributed by atoms with Crippen LogP contribution in [0.5, 0.6) is 0 Å². The van der Waals surface area contributed by atoms with Crippen molar-refractivity contribution in [3.05, 3.63) is 54.6 Å². The van der Waals surface area contributed by atoms with Crippen LogP contribution in [0.25, 0.3) is 0 Å². The summed E-state index contributed by atoms with van der Waals surface area (Å²) in [6, 6.07) is 17.8. The minimum Gasteiger partial charge on any atom is -0.358 e. The lowest BCUT2D eigenvalue weighted by molar-refractivity contribution is -0.115. The Morgan fingerprint density at radius 2 is 1.65 bits per heavy atom. The molecule has 0 aliphatic carbocycles. The van der Waals surface area contributed by atoms with E-state index in [1.165, 1.54) is 11.8 Å². The lowest BCUT2D eigenvalue weighted by atomic mass is 10.2. The average molecular weight is 405 g/mol. The molecule has 3 nitrogen and oxygen atoms in total. The van der Waals surface area contributed by atoms with E-state index in [0.29, 0.717) is 5.75 Å². The first-order chi connectivity index (χ1) is 12.6. The zero-order valence-electron chi connectivity index (χ0n) is 15.3. The third-order valence-electron chi connectivity index (χ3n) is 3.92. The molecule has 2 rings (SSSR count). The summed E-state index contributed by atoms with van der Waals surface area (Å²) in [4.78, 5) is 18.1. The number of carbonyl (C=O) groups is 1. The molecule has 0 bridgehead atoms. The van der Waals surface area contributed by atoms with Crippen LogP contribution in [0.3, 0.4) is 0 Å². The molecule has 0 aromatic heterocycles. The molecule has 6 heteroatoms. The van der Waals surface area contributed by atoms with E-state index in [4.69, 9.17) is 12.2 Å². The Morgan fingerprint density at radius 3 is 2.27 bits per heavy atom. The molecule has 0 unspecified atom stereocenters. The van der Waals surface area contributed by atoms with Gasteiger partial charge in [0.1, 0.15) is 4.32 Å². The maximum Gasteiger partial charge on any atom is 0.241 e. The van der Waals surface area contributed by atoms with Crippen LogP contribution in [0.15, 0.2) is 59.5 Å². The number of para-hydroxylation sites is 1. The van der Waals surface area contributed by atoms with Crippen LogP contribution in [0, 0.1) is 0 Å². The number of thiocarbonyl (C=S) groups is 1. The molecule has 138 valence electrons. The predicted molar refractivity (Wildman–Crippen MR) is 120 cm³/mol. The SMILES string of the molecule is CCN(CC)C(=S)SCC(=O)N(c1ccccc1)c1cccc(SC)c1. The quantitative estimate of drug-likeness (QED) is 0.452. The number of carbonyl (C=O) groups excluding carboxylic acids is 1. The van der Waals surface area contributed by atoms with E-state index in [1.807, 2.05) is 60.9 Å². The monoisotopic (exact) mass is 404 g/mol. The van der Waals surface area contributed by atoms with E-state index in [1.54, 1.807) is 16.7 Å². The molecule has 0 saturated heterocycles. The minimum absolute atomic E-state index is 0.0222. The smallest absolute Gasteiger partial charge is 0.241 e. The first-order valence-corrected chi connectivity index (χ1v) is 11.2. The van der Waals surface area contributed by atoms with Gasteiger partial charge in [-0.1, -0.05) is 48.2 Å². The van der Waals surface area contributed by atoms with Crippen molar-refractivity contribution in [2.45, 2.75) is 18.7 Å². The average Bonchev–Trinajstić information content (AvgIpc) is 2.68. The number of rotatable bonds is 7. The third kappa shape index (κ3) is 5.50. The van der Waals surface area contributed by atoms with Gasteiger partial charge in [-0.25, -0.2) is 0 Å². The molecule has 0 radical (unpaired) electrons. The molecular weight excluding hydrogens is 380 g/mol. The summed E-state index contributed by atoms with van der Waals surface area (Å²) >= 11 is 8.56. The number of benzene rings is 2. The van der Waals surface area contributed by atoms with E-state index >= 15 is 0 Å². The van der Waals surface area contributed by atoms with Gasteiger partial charge in [0.05, 0.1) is 11.4 Å². The fourth-order valence-corrected chi connectivity index (χ4v) is 4.23. The topological polar surface area (TPSA) is 23.6 Å². The van der Waals surface area contributed by atoms with Crippen molar-refractivity contribution >= 4 is 57.3 Å². The molecule has 0 aliphatic heterocycles. The Labute approximate surface area is 170 Å². The first-order valence-electron chi connectivity index (χ1n) is 8.54. The standard InChI is InChI=1S/C20H24N2OS3/c1-4-21(5-2)20(24)26-15-19(23)22(16-10-7-6-8-11-16)17-12-9-13-18(14-17)25-3/h6-14H,4-5,15H2,1-3H3. The summed E-state index contributed by atoms with van der Waals surface area (Å²) in [5.74, 6) is 0.335. The number of anilines is 2. The molecule has 2 aromatic rings. The second-order valence-electron chi connectivity index (χ2n) is 5.49. The zero-order valence-corrected chi connectivity index (χ0v) is 17.8. The number of amides is 1. The predicted octanol–water partition coefficient (Wildman–Crippen LogP) is 5.43. The van der Waals surface area contributed by atoms with Crippen molar-refractivity contribution in [1.29, 1.82) is 0 Å². The van der Waals surface area contributed by atoms with Gasteiger partial charge in [0.25, 0.3) is 0 Å². The van der Waals surface area contributed by atoms with Gasteiger partial charge in [-0.3, -0.25) is 9.69 Å². The Balaban J connectivity index is 2.24. The summed E-state index contributed by atoms with van der Waals surface area (Å²) < 4.78 is 0.772. The van der Waals surface area contributed by atoms with Gasteiger partial charge in [-0.05, 0) is 50.4 Å². The fraction of sp³-hybridized carbons (Fsp3) is 0.300. The minimum atomic E-state index is 0.0222. The molecule has 0 atom stereocenters. The first kappa shape index (κ1) is 20.8. The highest BCUT2D eigenvalue weighted by Gasteiger charge is 2.19. The summed E-state index contributed by atoms with van der Waals surface area (Å²) in [5, 5.41) is 0. The molecule has 0 N–H and O–H groups in total. The van der Waals surface area contributed by atoms with Gasteiger partial charge < -0.3 is 4.90 Å². The maximum absolute atomic E-state index is 13.1. The van der Waals surface area contributed by atoms with Gasteiger partial charge >= 0.3 is 0 Å². The number of thioether (sulfide) groups is 2. The van der Waals surface area contributed by atoms with E-state index in [-0.39, 0.29) is 5.91 Å². The second-order valence-corrected chi connectivity index (χ2v) is 7.98. The Hall–Kier alpha value is -1.50. The van der Waals surface area contributed by atoms with Crippen LogP contribution in [0.4, 0.5) is 11.4 Å². The van der Waals surface area contributed by atoms with Crippen LogP contribution in [0.1, 0.15) is 13.8 Å². The molecule has 0 heterocycles. The van der Waals surface area contributed by atoms with Gasteiger partial charge in [-0.2, -0.15) is 0 Å². The molecule has 0 saturated carbocycles. The van der Waals surface area contributed by atoms with Crippen molar-refractivity contribution in [3.63, 3.8) is 0 Å². The summed E-state index contributed by atoms with van der Waals surface area (Å²) in [5.41, 5.74) is 1.74. The normalized spacial score (nSPS) is 10.4. The molecule has 0 aliphatic rings. The van der Waals surface area contributed by atoms with Crippen LogP contribution < -0.4 is 4.90 Å². The molecule has 0 fully saturated rings. The summed E-state index contributed by atoms with van der Waals surface area (Å²) in [6.07, 6.45) is 2.03. The van der Waals surface area contributed by atoms with E-state index in [2.05, 4.69) is 18.7 Å². The lowest BCUT2D eigenvalue weighted by Crippen LogP contribution is -2.31. The van der Waals surface area contributed by atoms with Gasteiger partial charge in [0.2, 0.25) is 5.91 Å². The van der Waals surface area contributed by atoms with Crippen molar-refractivity contribution in [3.8, 4) is 0 Å². The van der Waals surface area contributed by atoms with E-state index in [0.717, 1.165) is 33.7 Å². The van der Waals surface area contributed by atoms with Crippen LogP contribution in [-0.4, -0.2) is 40.2 Å². The van der Waals surface area contributed by atoms with Crippen molar-refractivity contribution in [2.75, 3.05) is 30.0 Å². The summed E-state index contributed by atoms with van der Waals surface area (Å²) in [6.45, 7) is 5.86. The zero-order chi connectivity index (χ0) is 18.9. The molecule has 26 heavy (non-hydrogen) atoms. The van der Waals surface area contributed by atoms with E-state index in [9.17, 15) is 4.79 Å². The Morgan fingerprint density at radius 1 is 1.00 bits per heavy atom. The molecule has 0 spiro atoms. The maximum atomic E-state index is 13.1. The third-order valence-corrected chi connectivity index (χ3v) is 6.15. The summed E-state index contributed by atoms with van der Waals surface area (Å²) in [7, 11) is 0. The largest absolute Gasteiger partial charge is 0.358 e. The molecule has 1 amide bonds. The van der Waals surface area contributed by atoms with Gasteiger partial charge in [0, 0.05) is 23.7 Å². The Kier molecular flexibility index (Phi) is 8.48. The van der Waals surface area contributed by atoms with Crippen molar-refractivity contribution in [1.82, 2.24) is 4.90 Å². The highest BCUT2D eigenvalue weighted by molar-refractivity contribution is 8.23.